The second-order valence-electron chi connectivity index (χ2n) is 8.06. The Morgan fingerprint density at radius 1 is 1.09 bits per heavy atom. The number of aryl methyl sites for hydroxylation is 1. The molecule has 0 radical (unpaired) electrons. The fraction of sp³-hybridized carbons (Fsp3) is 0.296. The van der Waals surface area contributed by atoms with E-state index in [1.807, 2.05) is 55.5 Å². The van der Waals surface area contributed by atoms with E-state index in [4.69, 9.17) is 9.15 Å². The molecule has 0 spiro atoms. The van der Waals surface area contributed by atoms with Crippen LogP contribution in [0.25, 0.3) is 21.7 Å². The standard InChI is InChI=1S/C27H29N3O4/c1-4-30(5-2)20-10-11-21-18(3)22(26(31)34-25(21)16-20)13-15-33-27(32)29-17-24-23-9-7-6-8-19(23)12-14-28-24/h6-12,14,16H,4-5,13,15,17H2,1-3H3,(H,29,32). The molecular weight excluding hydrogens is 430 g/mol. The number of hydrogen-bond acceptors (Lipinski definition) is 6. The van der Waals surface area contributed by atoms with Gasteiger partial charge in [-0.05, 0) is 49.9 Å². The Morgan fingerprint density at radius 2 is 1.88 bits per heavy atom. The summed E-state index contributed by atoms with van der Waals surface area (Å²) in [6.45, 7) is 8.16. The number of nitrogens with zero attached hydrogens (tertiary/aromatic N) is 2. The Balaban J connectivity index is 1.39. The first-order chi connectivity index (χ1) is 16.5. The van der Waals surface area contributed by atoms with Crippen molar-refractivity contribution < 1.29 is 13.9 Å². The van der Waals surface area contributed by atoms with E-state index in [0.29, 0.717) is 11.1 Å². The number of nitrogens with one attached hydrogen (secondary N) is 1. The number of pyridine rings is 1. The minimum absolute atomic E-state index is 0.0729. The molecule has 1 N–H and O–H groups in total. The second kappa shape index (κ2) is 10.4. The summed E-state index contributed by atoms with van der Waals surface area (Å²) >= 11 is 0. The molecule has 0 aliphatic carbocycles. The minimum atomic E-state index is -0.554. The van der Waals surface area contributed by atoms with Crippen molar-refractivity contribution in [1.82, 2.24) is 10.3 Å². The van der Waals surface area contributed by atoms with Gasteiger partial charge in [0.15, 0.2) is 0 Å². The highest BCUT2D eigenvalue weighted by atomic mass is 16.5. The monoisotopic (exact) mass is 459 g/mol. The number of carbonyl (C=O) groups is 1. The molecule has 176 valence electrons. The summed E-state index contributed by atoms with van der Waals surface area (Å²) in [5.41, 5.74) is 3.33. The Bertz CT molecular complexity index is 1370. The summed E-state index contributed by atoms with van der Waals surface area (Å²) in [4.78, 5) is 31.4. The highest BCUT2D eigenvalue weighted by Gasteiger charge is 2.14. The number of rotatable bonds is 8. The first-order valence-electron chi connectivity index (χ1n) is 11.6. The van der Waals surface area contributed by atoms with Gasteiger partial charge in [0, 0.05) is 53.8 Å². The summed E-state index contributed by atoms with van der Waals surface area (Å²) in [6.07, 6.45) is 1.45. The van der Waals surface area contributed by atoms with Gasteiger partial charge < -0.3 is 19.4 Å². The van der Waals surface area contributed by atoms with Crippen LogP contribution >= 0.6 is 0 Å². The SMILES string of the molecule is CCN(CC)c1ccc2c(C)c(CCOC(=O)NCc3nccc4ccccc34)c(=O)oc2c1. The van der Waals surface area contributed by atoms with E-state index in [9.17, 15) is 9.59 Å². The van der Waals surface area contributed by atoms with Crippen LogP contribution in [0, 0.1) is 6.92 Å². The zero-order valence-corrected chi connectivity index (χ0v) is 19.8. The molecule has 1 amide bonds. The molecule has 4 aromatic rings. The summed E-state index contributed by atoms with van der Waals surface area (Å²) in [5.74, 6) is 0. The van der Waals surface area contributed by atoms with Crippen molar-refractivity contribution in [2.24, 2.45) is 0 Å². The lowest BCUT2D eigenvalue weighted by Crippen LogP contribution is -2.26. The van der Waals surface area contributed by atoms with Crippen LogP contribution in [0.15, 0.2) is 63.9 Å². The average Bonchev–Trinajstić information content (AvgIpc) is 2.85. The van der Waals surface area contributed by atoms with Gasteiger partial charge in [-0.3, -0.25) is 4.98 Å². The molecule has 2 aromatic carbocycles. The maximum absolute atomic E-state index is 12.6. The maximum Gasteiger partial charge on any atom is 0.407 e. The fourth-order valence-corrected chi connectivity index (χ4v) is 4.23. The van der Waals surface area contributed by atoms with Gasteiger partial charge in [-0.25, -0.2) is 9.59 Å². The third kappa shape index (κ3) is 4.88. The molecule has 0 saturated carbocycles. The van der Waals surface area contributed by atoms with Crippen molar-refractivity contribution in [3.05, 3.63) is 82.0 Å². The minimum Gasteiger partial charge on any atom is -0.449 e. The number of aromatic nitrogens is 1. The molecule has 7 nitrogen and oxygen atoms in total. The number of alkyl carbamates (subject to hydrolysis) is 1. The lowest BCUT2D eigenvalue weighted by Gasteiger charge is -2.21. The summed E-state index contributed by atoms with van der Waals surface area (Å²) in [7, 11) is 0. The summed E-state index contributed by atoms with van der Waals surface area (Å²) < 4.78 is 10.9. The van der Waals surface area contributed by atoms with Crippen molar-refractivity contribution in [2.75, 3.05) is 24.6 Å². The van der Waals surface area contributed by atoms with Gasteiger partial charge in [0.05, 0.1) is 18.8 Å². The van der Waals surface area contributed by atoms with E-state index in [1.54, 1.807) is 6.20 Å². The Labute approximate surface area is 198 Å². The third-order valence-electron chi connectivity index (χ3n) is 6.14. The molecule has 34 heavy (non-hydrogen) atoms. The molecule has 0 aliphatic rings. The number of hydrogen-bond donors (Lipinski definition) is 1. The van der Waals surface area contributed by atoms with Gasteiger partial charge in [0.1, 0.15) is 5.58 Å². The zero-order valence-electron chi connectivity index (χ0n) is 19.8. The molecule has 7 heteroatoms. The predicted octanol–water partition coefficient (Wildman–Crippen LogP) is 4.96. The lowest BCUT2D eigenvalue weighted by molar-refractivity contribution is 0.146. The number of fused-ring (bicyclic) bond motifs is 2. The van der Waals surface area contributed by atoms with Crippen molar-refractivity contribution >= 4 is 33.5 Å². The topological polar surface area (TPSA) is 84.7 Å². The molecule has 0 unspecified atom stereocenters. The highest BCUT2D eigenvalue weighted by Crippen LogP contribution is 2.25. The molecule has 0 saturated heterocycles. The number of anilines is 1. The van der Waals surface area contributed by atoms with Crippen LogP contribution in [0.1, 0.15) is 30.7 Å². The Kier molecular flexibility index (Phi) is 7.11. The van der Waals surface area contributed by atoms with E-state index in [2.05, 4.69) is 29.0 Å². The molecule has 4 rings (SSSR count). The number of amides is 1. The van der Waals surface area contributed by atoms with E-state index in [0.717, 1.165) is 46.2 Å². The van der Waals surface area contributed by atoms with Gasteiger partial charge in [-0.1, -0.05) is 24.3 Å². The van der Waals surface area contributed by atoms with Crippen molar-refractivity contribution in [3.63, 3.8) is 0 Å². The van der Waals surface area contributed by atoms with Crippen LogP contribution < -0.4 is 15.8 Å². The van der Waals surface area contributed by atoms with Crippen LogP contribution in [0.4, 0.5) is 10.5 Å². The predicted molar refractivity (Wildman–Crippen MR) is 134 cm³/mol. The van der Waals surface area contributed by atoms with Crippen LogP contribution in [0.5, 0.6) is 0 Å². The number of ether oxygens (including phenoxy) is 1. The van der Waals surface area contributed by atoms with Gasteiger partial charge in [-0.2, -0.15) is 0 Å². The van der Waals surface area contributed by atoms with Crippen molar-refractivity contribution in [3.8, 4) is 0 Å². The fourth-order valence-electron chi connectivity index (χ4n) is 4.23. The van der Waals surface area contributed by atoms with Crippen LogP contribution in [-0.2, 0) is 17.7 Å². The van der Waals surface area contributed by atoms with Crippen LogP contribution in [0.3, 0.4) is 0 Å². The van der Waals surface area contributed by atoms with Gasteiger partial charge in [0.25, 0.3) is 0 Å². The smallest absolute Gasteiger partial charge is 0.407 e. The van der Waals surface area contributed by atoms with Crippen LogP contribution in [-0.4, -0.2) is 30.8 Å². The lowest BCUT2D eigenvalue weighted by atomic mass is 10.0. The molecule has 2 aromatic heterocycles. The quantitative estimate of drug-likeness (QED) is 0.375. The molecule has 2 heterocycles. The molecule has 0 fully saturated rings. The molecule has 0 bridgehead atoms. The van der Waals surface area contributed by atoms with E-state index in [1.165, 1.54) is 0 Å². The Morgan fingerprint density at radius 3 is 2.68 bits per heavy atom. The number of carbonyl (C=O) groups excluding carboxylic acids is 1. The van der Waals surface area contributed by atoms with E-state index >= 15 is 0 Å². The van der Waals surface area contributed by atoms with Gasteiger partial charge in [0.2, 0.25) is 0 Å². The molecular formula is C27H29N3O4. The van der Waals surface area contributed by atoms with Gasteiger partial charge >= 0.3 is 11.7 Å². The largest absolute Gasteiger partial charge is 0.449 e. The van der Waals surface area contributed by atoms with Crippen molar-refractivity contribution in [2.45, 2.75) is 33.7 Å². The highest BCUT2D eigenvalue weighted by molar-refractivity contribution is 5.85. The maximum atomic E-state index is 12.6. The van der Waals surface area contributed by atoms with E-state index in [-0.39, 0.29) is 19.6 Å². The molecule has 0 aliphatic heterocycles. The first-order valence-corrected chi connectivity index (χ1v) is 11.6. The van der Waals surface area contributed by atoms with Crippen LogP contribution in [0.2, 0.25) is 0 Å². The van der Waals surface area contributed by atoms with Crippen molar-refractivity contribution in [1.29, 1.82) is 0 Å². The Hall–Kier alpha value is -3.87. The normalized spacial score (nSPS) is 11.0. The van der Waals surface area contributed by atoms with Gasteiger partial charge in [-0.15, -0.1) is 0 Å². The number of benzene rings is 2. The third-order valence-corrected chi connectivity index (χ3v) is 6.14. The van der Waals surface area contributed by atoms with E-state index < -0.39 is 11.7 Å². The first kappa shape index (κ1) is 23.3. The average molecular weight is 460 g/mol. The summed E-state index contributed by atoms with van der Waals surface area (Å²) in [6, 6.07) is 15.7. The molecule has 0 atom stereocenters. The summed E-state index contributed by atoms with van der Waals surface area (Å²) in [5, 5.41) is 5.67. The zero-order chi connectivity index (χ0) is 24.1. The second-order valence-corrected chi connectivity index (χ2v) is 8.06.